The maximum absolute atomic E-state index is 12.5. The molecule has 116 valence electrons. The van der Waals surface area contributed by atoms with Gasteiger partial charge in [-0.05, 0) is 49.4 Å². The Morgan fingerprint density at radius 2 is 1.95 bits per heavy atom. The fourth-order valence-electron chi connectivity index (χ4n) is 2.69. The van der Waals surface area contributed by atoms with E-state index in [1.165, 1.54) is 23.3 Å². The van der Waals surface area contributed by atoms with Crippen molar-refractivity contribution >= 4 is 22.9 Å². The van der Waals surface area contributed by atoms with Crippen LogP contribution in [0, 0.1) is 0 Å². The summed E-state index contributed by atoms with van der Waals surface area (Å²) < 4.78 is 10.5. The van der Waals surface area contributed by atoms with E-state index in [0.29, 0.717) is 17.2 Å². The van der Waals surface area contributed by atoms with E-state index >= 15 is 0 Å². The molecule has 2 aromatic rings. The molecule has 3 rings (SSSR count). The lowest BCUT2D eigenvalue weighted by Gasteiger charge is -2.11. The van der Waals surface area contributed by atoms with Crippen molar-refractivity contribution in [1.82, 2.24) is 0 Å². The number of hydrogen-bond acceptors (Lipinski definition) is 4. The summed E-state index contributed by atoms with van der Waals surface area (Å²) in [5.74, 6) is 1.21. The molecule has 1 aliphatic carbocycles. The van der Waals surface area contributed by atoms with Crippen LogP contribution in [0.1, 0.15) is 33.0 Å². The van der Waals surface area contributed by atoms with Gasteiger partial charge in [0.25, 0.3) is 5.91 Å². The zero-order valence-electron chi connectivity index (χ0n) is 12.8. The first-order valence-corrected chi connectivity index (χ1v) is 8.18. The van der Waals surface area contributed by atoms with E-state index in [9.17, 15) is 4.79 Å². The Morgan fingerprint density at radius 1 is 1.14 bits per heavy atom. The zero-order valence-corrected chi connectivity index (χ0v) is 13.6. The van der Waals surface area contributed by atoms with E-state index in [4.69, 9.17) is 9.47 Å². The Bertz CT molecular complexity index is 670. The van der Waals surface area contributed by atoms with E-state index in [1.807, 2.05) is 6.07 Å². The van der Waals surface area contributed by atoms with E-state index in [1.54, 1.807) is 43.8 Å². The van der Waals surface area contributed by atoms with Gasteiger partial charge in [0, 0.05) is 10.9 Å². The number of hydrogen-bond donors (Lipinski definition) is 1. The van der Waals surface area contributed by atoms with Crippen molar-refractivity contribution in [1.29, 1.82) is 0 Å². The Hall–Kier alpha value is -2.01. The summed E-state index contributed by atoms with van der Waals surface area (Å²) in [6, 6.07) is 7.39. The number of methoxy groups -OCH3 is 2. The molecule has 1 aromatic heterocycles. The van der Waals surface area contributed by atoms with Crippen molar-refractivity contribution in [3.05, 3.63) is 39.6 Å². The van der Waals surface area contributed by atoms with Gasteiger partial charge in [-0.15, -0.1) is 11.3 Å². The normalized spacial score (nSPS) is 13.4. The van der Waals surface area contributed by atoms with E-state index < -0.39 is 0 Å². The van der Waals surface area contributed by atoms with Crippen LogP contribution in [0.2, 0.25) is 0 Å². The molecule has 0 bridgehead atoms. The molecule has 5 heteroatoms. The number of rotatable bonds is 4. The third-order valence-electron chi connectivity index (χ3n) is 3.88. The first-order valence-electron chi connectivity index (χ1n) is 7.36. The lowest BCUT2D eigenvalue weighted by atomic mass is 9.99. The van der Waals surface area contributed by atoms with Gasteiger partial charge in [0.15, 0.2) is 0 Å². The van der Waals surface area contributed by atoms with Crippen molar-refractivity contribution in [2.24, 2.45) is 0 Å². The summed E-state index contributed by atoms with van der Waals surface area (Å²) in [7, 11) is 3.18. The summed E-state index contributed by atoms with van der Waals surface area (Å²) >= 11 is 1.61. The zero-order chi connectivity index (χ0) is 15.5. The van der Waals surface area contributed by atoms with Gasteiger partial charge in [-0.2, -0.15) is 0 Å². The third-order valence-corrected chi connectivity index (χ3v) is 5.11. The first kappa shape index (κ1) is 14.9. The fourth-order valence-corrected chi connectivity index (χ4v) is 3.84. The van der Waals surface area contributed by atoms with E-state index in [2.05, 4.69) is 5.32 Å². The van der Waals surface area contributed by atoms with Crippen molar-refractivity contribution in [3.63, 3.8) is 0 Å². The van der Waals surface area contributed by atoms with Crippen molar-refractivity contribution in [2.75, 3.05) is 19.5 Å². The van der Waals surface area contributed by atoms with Gasteiger partial charge in [-0.25, -0.2) is 0 Å². The molecule has 0 aliphatic heterocycles. The monoisotopic (exact) mass is 317 g/mol. The number of aryl methyl sites for hydroxylation is 2. The summed E-state index contributed by atoms with van der Waals surface area (Å²) in [5.41, 5.74) is 1.99. The number of nitrogens with one attached hydrogen (secondary N) is 1. The molecule has 1 aliphatic rings. The van der Waals surface area contributed by atoms with Gasteiger partial charge in [-0.3, -0.25) is 4.79 Å². The third kappa shape index (κ3) is 2.95. The van der Waals surface area contributed by atoms with Gasteiger partial charge in [0.2, 0.25) is 0 Å². The number of ether oxygens (including phenoxy) is 2. The molecule has 0 fully saturated rings. The van der Waals surface area contributed by atoms with Crippen LogP contribution in [0.3, 0.4) is 0 Å². The predicted molar refractivity (Wildman–Crippen MR) is 88.5 cm³/mol. The Morgan fingerprint density at radius 3 is 2.68 bits per heavy atom. The molecule has 0 spiro atoms. The molecule has 1 aromatic carbocycles. The molecule has 4 nitrogen and oxygen atoms in total. The van der Waals surface area contributed by atoms with Crippen LogP contribution in [0.5, 0.6) is 11.5 Å². The number of carbonyl (C=O) groups is 1. The van der Waals surface area contributed by atoms with Crippen LogP contribution < -0.4 is 14.8 Å². The molecule has 0 atom stereocenters. The number of anilines is 1. The maximum atomic E-state index is 12.5. The minimum Gasteiger partial charge on any atom is -0.497 e. The average Bonchev–Trinajstić information content (AvgIpc) is 2.99. The highest BCUT2D eigenvalue weighted by atomic mass is 32.1. The lowest BCUT2D eigenvalue weighted by Crippen LogP contribution is -2.11. The molecule has 1 N–H and O–H groups in total. The molecule has 0 saturated heterocycles. The Labute approximate surface area is 134 Å². The van der Waals surface area contributed by atoms with Crippen molar-refractivity contribution < 1.29 is 14.3 Å². The van der Waals surface area contributed by atoms with Crippen LogP contribution in [0.4, 0.5) is 5.69 Å². The standard InChI is InChI=1S/C17H19NO3S/c1-20-12-7-8-13(14(10-12)21-2)18-17(19)16-9-11-5-3-4-6-15(11)22-16/h7-10H,3-6H2,1-2H3,(H,18,19). The molecule has 0 unspecified atom stereocenters. The molecule has 22 heavy (non-hydrogen) atoms. The highest BCUT2D eigenvalue weighted by Crippen LogP contribution is 2.32. The molecule has 0 saturated carbocycles. The largest absolute Gasteiger partial charge is 0.497 e. The maximum Gasteiger partial charge on any atom is 0.265 e. The van der Waals surface area contributed by atoms with E-state index in [-0.39, 0.29) is 5.91 Å². The lowest BCUT2D eigenvalue weighted by molar-refractivity contribution is 0.103. The second-order valence-electron chi connectivity index (χ2n) is 5.29. The predicted octanol–water partition coefficient (Wildman–Crippen LogP) is 3.90. The van der Waals surface area contributed by atoms with Gasteiger partial charge in [0.05, 0.1) is 24.8 Å². The molecule has 1 amide bonds. The summed E-state index contributed by atoms with van der Waals surface area (Å²) in [5, 5.41) is 2.93. The van der Waals surface area contributed by atoms with Crippen LogP contribution in [-0.2, 0) is 12.8 Å². The summed E-state index contributed by atoms with van der Waals surface area (Å²) in [6.45, 7) is 0. The SMILES string of the molecule is COc1ccc(NC(=O)c2cc3c(s2)CCCC3)c(OC)c1. The van der Waals surface area contributed by atoms with Crippen LogP contribution >= 0.6 is 11.3 Å². The number of benzene rings is 1. The topological polar surface area (TPSA) is 47.6 Å². The Kier molecular flexibility index (Phi) is 4.34. The van der Waals surface area contributed by atoms with Gasteiger partial charge >= 0.3 is 0 Å². The number of thiophene rings is 1. The Balaban J connectivity index is 1.80. The number of fused-ring (bicyclic) bond motifs is 1. The number of amides is 1. The molecule has 1 heterocycles. The minimum absolute atomic E-state index is 0.0807. The average molecular weight is 317 g/mol. The van der Waals surface area contributed by atoms with Crippen LogP contribution in [0.15, 0.2) is 24.3 Å². The van der Waals surface area contributed by atoms with Crippen LogP contribution in [-0.4, -0.2) is 20.1 Å². The summed E-state index contributed by atoms with van der Waals surface area (Å²) in [6.07, 6.45) is 4.63. The molecule has 0 radical (unpaired) electrons. The second-order valence-corrected chi connectivity index (χ2v) is 6.42. The first-order chi connectivity index (χ1) is 10.7. The van der Waals surface area contributed by atoms with Gasteiger partial charge in [0.1, 0.15) is 11.5 Å². The summed E-state index contributed by atoms with van der Waals surface area (Å²) in [4.78, 5) is 14.6. The van der Waals surface area contributed by atoms with E-state index in [0.717, 1.165) is 17.7 Å². The van der Waals surface area contributed by atoms with Gasteiger partial charge < -0.3 is 14.8 Å². The quantitative estimate of drug-likeness (QED) is 0.930. The molecular weight excluding hydrogens is 298 g/mol. The highest BCUT2D eigenvalue weighted by Gasteiger charge is 2.18. The minimum atomic E-state index is -0.0807. The van der Waals surface area contributed by atoms with Crippen LogP contribution in [0.25, 0.3) is 0 Å². The number of carbonyl (C=O) groups excluding carboxylic acids is 1. The molecular formula is C17H19NO3S. The fraction of sp³-hybridized carbons (Fsp3) is 0.353. The second kappa shape index (κ2) is 6.40. The van der Waals surface area contributed by atoms with Crippen molar-refractivity contribution in [2.45, 2.75) is 25.7 Å². The highest BCUT2D eigenvalue weighted by molar-refractivity contribution is 7.14. The van der Waals surface area contributed by atoms with Crippen molar-refractivity contribution in [3.8, 4) is 11.5 Å². The smallest absolute Gasteiger partial charge is 0.265 e. The van der Waals surface area contributed by atoms with Gasteiger partial charge in [-0.1, -0.05) is 0 Å².